The molecule has 0 radical (unpaired) electrons. The van der Waals surface area contributed by atoms with Crippen LogP contribution in [0.25, 0.3) is 0 Å². The van der Waals surface area contributed by atoms with E-state index in [9.17, 15) is 4.79 Å². The van der Waals surface area contributed by atoms with Gasteiger partial charge in [0.05, 0.1) is 0 Å². The second-order valence-electron chi connectivity index (χ2n) is 3.93. The maximum atomic E-state index is 10.2. The van der Waals surface area contributed by atoms with Crippen molar-refractivity contribution in [2.75, 3.05) is 6.61 Å². The first-order chi connectivity index (χ1) is 6.74. The fraction of sp³-hybridized carbons (Fsp3) is 0.727. The molecule has 1 aliphatic rings. The Balaban J connectivity index is 1.92. The van der Waals surface area contributed by atoms with Gasteiger partial charge in [-0.1, -0.05) is 12.2 Å². The van der Waals surface area contributed by atoms with E-state index in [0.29, 0.717) is 18.4 Å². The molecule has 3 heteroatoms. The van der Waals surface area contributed by atoms with Crippen LogP contribution in [0, 0.1) is 11.8 Å². The van der Waals surface area contributed by atoms with Gasteiger partial charge >= 0.3 is 5.97 Å². The molecular weight excluding hydrogens is 180 g/mol. The van der Waals surface area contributed by atoms with Gasteiger partial charge in [-0.15, -0.1) is 0 Å². The van der Waals surface area contributed by atoms with Gasteiger partial charge in [0, 0.05) is 13.0 Å². The average Bonchev–Trinajstić information content (AvgIpc) is 2.89. The predicted octanol–water partition coefficient (Wildman–Crippen LogP) is 1.82. The molecule has 0 aromatic rings. The summed E-state index contributed by atoms with van der Waals surface area (Å²) in [6, 6.07) is 0. The Morgan fingerprint density at radius 1 is 1.36 bits per heavy atom. The fourth-order valence-corrected chi connectivity index (χ4v) is 1.58. The van der Waals surface area contributed by atoms with Crippen molar-refractivity contribution in [2.45, 2.75) is 32.1 Å². The van der Waals surface area contributed by atoms with E-state index in [4.69, 9.17) is 10.2 Å². The summed E-state index contributed by atoms with van der Waals surface area (Å²) in [5.74, 6) is 0.482. The number of carboxylic acids is 1. The van der Waals surface area contributed by atoms with Crippen molar-refractivity contribution in [3.63, 3.8) is 0 Å². The summed E-state index contributed by atoms with van der Waals surface area (Å²) in [6.45, 7) is 0.317. The quantitative estimate of drug-likeness (QED) is 0.484. The monoisotopic (exact) mass is 198 g/mol. The number of hydrogen-bond acceptors (Lipinski definition) is 2. The van der Waals surface area contributed by atoms with Crippen LogP contribution in [0.2, 0.25) is 0 Å². The minimum Gasteiger partial charge on any atom is -0.481 e. The molecule has 14 heavy (non-hydrogen) atoms. The Hall–Kier alpha value is -0.830. The van der Waals surface area contributed by atoms with Gasteiger partial charge < -0.3 is 10.2 Å². The van der Waals surface area contributed by atoms with Crippen LogP contribution in [0.1, 0.15) is 32.1 Å². The molecule has 0 unspecified atom stereocenters. The third-order valence-electron chi connectivity index (χ3n) is 2.67. The summed E-state index contributed by atoms with van der Waals surface area (Å²) in [6.07, 6.45) is 8.18. The fourth-order valence-electron chi connectivity index (χ4n) is 1.58. The number of allylic oxidation sites excluding steroid dienone is 2. The number of carboxylic acid groups (broad SMARTS) is 1. The summed E-state index contributed by atoms with van der Waals surface area (Å²) in [5.41, 5.74) is 0. The van der Waals surface area contributed by atoms with Crippen molar-refractivity contribution in [2.24, 2.45) is 11.8 Å². The molecule has 1 saturated carbocycles. The highest BCUT2D eigenvalue weighted by Crippen LogP contribution is 2.40. The molecule has 0 spiro atoms. The second kappa shape index (κ2) is 5.81. The number of aliphatic hydroxyl groups is 1. The van der Waals surface area contributed by atoms with Gasteiger partial charge in [-0.2, -0.15) is 0 Å². The van der Waals surface area contributed by atoms with E-state index in [-0.39, 0.29) is 6.42 Å². The highest BCUT2D eigenvalue weighted by atomic mass is 16.4. The van der Waals surface area contributed by atoms with Gasteiger partial charge in [0.15, 0.2) is 0 Å². The molecule has 0 aliphatic heterocycles. The molecule has 0 amide bonds. The maximum absolute atomic E-state index is 10.2. The largest absolute Gasteiger partial charge is 0.481 e. The van der Waals surface area contributed by atoms with Crippen molar-refractivity contribution in [3.8, 4) is 0 Å². The van der Waals surface area contributed by atoms with Gasteiger partial charge in [-0.05, 0) is 37.5 Å². The average molecular weight is 198 g/mol. The predicted molar refractivity (Wildman–Crippen MR) is 53.9 cm³/mol. The molecular formula is C11H18O3. The molecule has 0 bridgehead atoms. The van der Waals surface area contributed by atoms with E-state index < -0.39 is 5.97 Å². The Morgan fingerprint density at radius 3 is 2.71 bits per heavy atom. The standard InChI is InChI=1S/C11H18O3/c12-8-10-7-9(10)5-3-1-2-4-6-11(13)14/h1,3,9-10,12H,2,4-8H2,(H,13,14)/t9-,10-/m1/s1. The van der Waals surface area contributed by atoms with Crippen molar-refractivity contribution < 1.29 is 15.0 Å². The minimum atomic E-state index is -0.721. The maximum Gasteiger partial charge on any atom is 0.303 e. The Labute approximate surface area is 84.4 Å². The first kappa shape index (κ1) is 11.2. The Kier molecular flexibility index (Phi) is 4.66. The second-order valence-corrected chi connectivity index (χ2v) is 3.93. The smallest absolute Gasteiger partial charge is 0.303 e. The summed E-state index contributed by atoms with van der Waals surface area (Å²) >= 11 is 0. The molecule has 0 aromatic heterocycles. The molecule has 1 rings (SSSR count). The van der Waals surface area contributed by atoms with E-state index in [2.05, 4.69) is 12.2 Å². The summed E-state index contributed by atoms with van der Waals surface area (Å²) in [4.78, 5) is 10.2. The molecule has 0 aromatic carbocycles. The SMILES string of the molecule is O=C(O)CCCC=CC[C@@H]1C[C@@H]1CO. The summed E-state index contributed by atoms with van der Waals surface area (Å²) in [5, 5.41) is 17.2. The molecule has 80 valence electrons. The number of carbonyl (C=O) groups is 1. The molecule has 1 aliphatic carbocycles. The van der Waals surface area contributed by atoms with Crippen LogP contribution in [0.4, 0.5) is 0 Å². The topological polar surface area (TPSA) is 57.5 Å². The van der Waals surface area contributed by atoms with Gasteiger partial charge in [0.2, 0.25) is 0 Å². The van der Waals surface area contributed by atoms with E-state index >= 15 is 0 Å². The molecule has 1 fully saturated rings. The lowest BCUT2D eigenvalue weighted by atomic mass is 10.2. The Bertz CT molecular complexity index is 211. The summed E-state index contributed by atoms with van der Waals surface area (Å²) in [7, 11) is 0. The van der Waals surface area contributed by atoms with Crippen molar-refractivity contribution in [1.82, 2.24) is 0 Å². The van der Waals surface area contributed by atoms with Gasteiger partial charge in [-0.3, -0.25) is 4.79 Å². The first-order valence-corrected chi connectivity index (χ1v) is 5.21. The number of rotatable bonds is 7. The lowest BCUT2D eigenvalue weighted by molar-refractivity contribution is -0.137. The Morgan fingerprint density at radius 2 is 2.14 bits per heavy atom. The van der Waals surface area contributed by atoms with Crippen molar-refractivity contribution in [3.05, 3.63) is 12.2 Å². The molecule has 2 atom stereocenters. The van der Waals surface area contributed by atoms with Crippen LogP contribution in [-0.4, -0.2) is 22.8 Å². The third kappa shape index (κ3) is 4.42. The third-order valence-corrected chi connectivity index (χ3v) is 2.67. The number of hydrogen-bond donors (Lipinski definition) is 2. The van der Waals surface area contributed by atoms with Gasteiger partial charge in [0.1, 0.15) is 0 Å². The van der Waals surface area contributed by atoms with E-state index in [1.807, 2.05) is 0 Å². The molecule has 3 nitrogen and oxygen atoms in total. The van der Waals surface area contributed by atoms with Crippen molar-refractivity contribution >= 4 is 5.97 Å². The number of aliphatic hydroxyl groups excluding tert-OH is 1. The zero-order valence-corrected chi connectivity index (χ0v) is 8.35. The minimum absolute atomic E-state index is 0.257. The first-order valence-electron chi connectivity index (χ1n) is 5.21. The number of aliphatic carboxylic acids is 1. The van der Waals surface area contributed by atoms with Crippen LogP contribution >= 0.6 is 0 Å². The summed E-state index contributed by atoms with van der Waals surface area (Å²) < 4.78 is 0. The zero-order valence-electron chi connectivity index (χ0n) is 8.35. The van der Waals surface area contributed by atoms with E-state index in [0.717, 1.165) is 25.7 Å². The van der Waals surface area contributed by atoms with Gasteiger partial charge in [-0.25, -0.2) is 0 Å². The van der Waals surface area contributed by atoms with Crippen LogP contribution in [-0.2, 0) is 4.79 Å². The molecule has 0 saturated heterocycles. The zero-order chi connectivity index (χ0) is 10.4. The highest BCUT2D eigenvalue weighted by molar-refractivity contribution is 5.66. The normalized spacial score (nSPS) is 25.5. The highest BCUT2D eigenvalue weighted by Gasteiger charge is 2.34. The van der Waals surface area contributed by atoms with Crippen LogP contribution in [0.5, 0.6) is 0 Å². The van der Waals surface area contributed by atoms with Gasteiger partial charge in [0.25, 0.3) is 0 Å². The molecule has 0 heterocycles. The lowest BCUT2D eigenvalue weighted by Gasteiger charge is -1.92. The number of unbranched alkanes of at least 4 members (excludes halogenated alkanes) is 1. The van der Waals surface area contributed by atoms with E-state index in [1.165, 1.54) is 0 Å². The van der Waals surface area contributed by atoms with Crippen LogP contribution in [0.15, 0.2) is 12.2 Å². The van der Waals surface area contributed by atoms with E-state index in [1.54, 1.807) is 0 Å². The van der Waals surface area contributed by atoms with Crippen molar-refractivity contribution in [1.29, 1.82) is 0 Å². The van der Waals surface area contributed by atoms with Crippen LogP contribution < -0.4 is 0 Å². The van der Waals surface area contributed by atoms with Crippen LogP contribution in [0.3, 0.4) is 0 Å². The lowest BCUT2D eigenvalue weighted by Crippen LogP contribution is -1.92. The molecule has 2 N–H and O–H groups in total.